The molecule has 3 fully saturated rings. The van der Waals surface area contributed by atoms with Crippen molar-refractivity contribution in [2.45, 2.75) is 24.7 Å². The van der Waals surface area contributed by atoms with E-state index in [1.54, 1.807) is 11.9 Å². The number of benzene rings is 1. The van der Waals surface area contributed by atoms with Crippen LogP contribution in [-0.2, 0) is 9.53 Å². The largest absolute Gasteiger partial charge is 0.491 e. The number of imide groups is 1. The molecule has 3 saturated heterocycles. The van der Waals surface area contributed by atoms with Crippen LogP contribution in [0.1, 0.15) is 6.42 Å². The summed E-state index contributed by atoms with van der Waals surface area (Å²) in [6.07, 6.45) is -0.548. The quantitative estimate of drug-likeness (QED) is 0.467. The molecule has 186 valence electrons. The predicted molar refractivity (Wildman–Crippen MR) is 125 cm³/mol. The van der Waals surface area contributed by atoms with Gasteiger partial charge in [-0.05, 0) is 18.6 Å². The molecule has 11 heteroatoms. The van der Waals surface area contributed by atoms with Gasteiger partial charge in [0.05, 0.1) is 19.8 Å². The van der Waals surface area contributed by atoms with Gasteiger partial charge >= 0.3 is 6.03 Å². The average Bonchev–Trinajstić information content (AvgIpc) is 3.22. The molecule has 3 aliphatic rings. The van der Waals surface area contributed by atoms with Gasteiger partial charge in [0.15, 0.2) is 12.0 Å². The first-order valence-corrected chi connectivity index (χ1v) is 11.7. The van der Waals surface area contributed by atoms with Crippen molar-refractivity contribution >= 4 is 17.9 Å². The number of aliphatic hydroxyl groups excluding tert-OH is 1. The maximum absolute atomic E-state index is 13.0. The van der Waals surface area contributed by atoms with Crippen molar-refractivity contribution in [1.29, 1.82) is 0 Å². The molecule has 34 heavy (non-hydrogen) atoms. The van der Waals surface area contributed by atoms with Crippen LogP contribution in [0.4, 0.5) is 4.79 Å². The highest BCUT2D eigenvalue weighted by Crippen LogP contribution is 2.24. The van der Waals surface area contributed by atoms with Crippen LogP contribution >= 0.6 is 0 Å². The number of nitrogens with zero attached hydrogens (tertiary/aromatic N) is 5. The summed E-state index contributed by atoms with van der Waals surface area (Å²) in [5.74, 6) is 0.851. The zero-order valence-corrected chi connectivity index (χ0v) is 19.8. The summed E-state index contributed by atoms with van der Waals surface area (Å²) in [4.78, 5) is 36.9. The van der Waals surface area contributed by atoms with Gasteiger partial charge < -0.3 is 29.7 Å². The van der Waals surface area contributed by atoms with Crippen LogP contribution in [-0.4, -0.2) is 128 Å². The average molecular weight is 475 g/mol. The van der Waals surface area contributed by atoms with Gasteiger partial charge in [0, 0.05) is 40.3 Å². The monoisotopic (exact) mass is 474 g/mol. The second-order valence-corrected chi connectivity index (χ2v) is 8.77. The molecule has 0 radical (unpaired) electrons. The van der Waals surface area contributed by atoms with Gasteiger partial charge in [-0.1, -0.05) is 18.2 Å². The first kappa shape index (κ1) is 24.2. The maximum atomic E-state index is 13.0. The van der Waals surface area contributed by atoms with Crippen LogP contribution in [0.2, 0.25) is 0 Å². The van der Waals surface area contributed by atoms with Crippen LogP contribution in [0, 0.1) is 0 Å². The second kappa shape index (κ2) is 11.0. The Morgan fingerprint density at radius 1 is 1.21 bits per heavy atom. The number of urea groups is 1. The van der Waals surface area contributed by atoms with E-state index >= 15 is 0 Å². The number of ether oxygens (including phenoxy) is 2. The highest BCUT2D eigenvalue weighted by molar-refractivity contribution is 6.04. The number of morpholine rings is 1. The number of aliphatic hydroxyl groups is 1. The number of carbonyl (C=O) groups excluding carboxylic acids is 2. The van der Waals surface area contributed by atoms with E-state index in [-0.39, 0.29) is 25.1 Å². The molecule has 0 bridgehead atoms. The number of nitrogens with one attached hydrogen (secondary N) is 1. The fourth-order valence-electron chi connectivity index (χ4n) is 4.45. The van der Waals surface area contributed by atoms with Gasteiger partial charge in [0.25, 0.3) is 5.91 Å². The Balaban J connectivity index is 1.43. The molecule has 0 aliphatic carbocycles. The van der Waals surface area contributed by atoms with Gasteiger partial charge in [0.1, 0.15) is 24.6 Å². The number of fused-ring (bicyclic) bond motifs is 1. The number of likely N-dealkylation sites (N-methyl/N-ethyl adjacent to an activating group) is 2. The molecule has 11 nitrogen and oxygen atoms in total. The molecule has 3 aliphatic heterocycles. The predicted octanol–water partition coefficient (Wildman–Crippen LogP) is -0.372. The number of aliphatic imine (C=N–C) groups is 1. The smallest absolute Gasteiger partial charge is 0.327 e. The summed E-state index contributed by atoms with van der Waals surface area (Å²) in [5, 5.41) is 14.0. The molecule has 3 atom stereocenters. The summed E-state index contributed by atoms with van der Waals surface area (Å²) >= 11 is 0. The van der Waals surface area contributed by atoms with Crippen LogP contribution in [0.5, 0.6) is 5.75 Å². The Kier molecular flexibility index (Phi) is 7.86. The molecule has 0 aromatic heterocycles. The molecule has 0 spiro atoms. The molecule has 3 heterocycles. The molecule has 3 unspecified atom stereocenters. The van der Waals surface area contributed by atoms with Crippen molar-refractivity contribution in [3.8, 4) is 5.75 Å². The van der Waals surface area contributed by atoms with E-state index in [1.807, 2.05) is 30.3 Å². The number of hydrogen-bond acceptors (Lipinski definition) is 7. The van der Waals surface area contributed by atoms with Crippen molar-refractivity contribution < 1.29 is 24.2 Å². The fourth-order valence-corrected chi connectivity index (χ4v) is 4.45. The minimum Gasteiger partial charge on any atom is -0.491 e. The molecule has 1 aromatic carbocycles. The summed E-state index contributed by atoms with van der Waals surface area (Å²) in [5.41, 5.74) is 0. The highest BCUT2D eigenvalue weighted by atomic mass is 16.5. The molecular formula is C23H34N6O5. The Hall–Kier alpha value is -2.89. The third kappa shape index (κ3) is 5.43. The fraction of sp³-hybridized carbons (Fsp3) is 0.609. The van der Waals surface area contributed by atoms with E-state index in [0.29, 0.717) is 18.3 Å². The summed E-state index contributed by atoms with van der Waals surface area (Å²) in [7, 11) is 3.13. The van der Waals surface area contributed by atoms with Gasteiger partial charge in [0.2, 0.25) is 0 Å². The van der Waals surface area contributed by atoms with E-state index in [2.05, 4.69) is 10.2 Å². The molecule has 4 rings (SSSR count). The Bertz CT molecular complexity index is 878. The molecule has 1 aromatic rings. The van der Waals surface area contributed by atoms with E-state index in [4.69, 9.17) is 14.5 Å². The Labute approximate surface area is 199 Å². The number of hydrogen-bond donors (Lipinski definition) is 2. The lowest BCUT2D eigenvalue weighted by Gasteiger charge is -2.39. The van der Waals surface area contributed by atoms with Gasteiger partial charge in [-0.15, -0.1) is 0 Å². The summed E-state index contributed by atoms with van der Waals surface area (Å²) in [6, 6.07) is 8.22. The summed E-state index contributed by atoms with van der Waals surface area (Å²) in [6.45, 7) is 5.05. The number of carbonyl (C=O) groups is 2. The van der Waals surface area contributed by atoms with Crippen LogP contribution in [0.3, 0.4) is 0 Å². The SMILES string of the molecule is CN1C(=O)C2C(NC(=NCCCN3CCOCC3)N2CC(O)COc2ccccc2)N(C)C1=O. The van der Waals surface area contributed by atoms with Crippen molar-refractivity contribution in [3.05, 3.63) is 30.3 Å². The van der Waals surface area contributed by atoms with Gasteiger partial charge in [-0.25, -0.2) is 4.79 Å². The maximum Gasteiger partial charge on any atom is 0.327 e. The normalized spacial score (nSPS) is 25.5. The van der Waals surface area contributed by atoms with Crippen LogP contribution < -0.4 is 10.1 Å². The highest BCUT2D eigenvalue weighted by Gasteiger charge is 2.52. The van der Waals surface area contributed by atoms with Crippen LogP contribution in [0.25, 0.3) is 0 Å². The number of β-amino-alcohol motifs (C(OH)–C–C–N with tert-alkyl or cyclic N) is 1. The minimum absolute atomic E-state index is 0.0704. The Morgan fingerprint density at radius 3 is 2.68 bits per heavy atom. The Morgan fingerprint density at radius 2 is 1.94 bits per heavy atom. The lowest BCUT2D eigenvalue weighted by atomic mass is 10.1. The van der Waals surface area contributed by atoms with E-state index in [9.17, 15) is 14.7 Å². The number of guanidine groups is 1. The molecular weight excluding hydrogens is 440 g/mol. The zero-order chi connectivity index (χ0) is 24.1. The molecule has 3 amide bonds. The van der Waals surface area contributed by atoms with E-state index < -0.39 is 18.3 Å². The zero-order valence-electron chi connectivity index (χ0n) is 19.8. The number of amides is 3. The standard InChI is InChI=1S/C23H34N6O5/c1-26-20-19(21(31)27(2)23(26)32)29(15-17(30)16-34-18-7-4-3-5-8-18)22(25-20)24-9-6-10-28-11-13-33-14-12-28/h3-5,7-8,17,19-20,30H,6,9-16H2,1-2H3,(H,24,25). The van der Waals surface area contributed by atoms with Gasteiger partial charge in [-0.3, -0.25) is 19.6 Å². The topological polar surface area (TPSA) is 110 Å². The third-order valence-electron chi connectivity index (χ3n) is 6.36. The number of para-hydroxylation sites is 1. The molecule has 2 N–H and O–H groups in total. The van der Waals surface area contributed by atoms with Crippen molar-refractivity contribution in [2.75, 3.05) is 66.6 Å². The van der Waals surface area contributed by atoms with Crippen molar-refractivity contribution in [3.63, 3.8) is 0 Å². The lowest BCUT2D eigenvalue weighted by Crippen LogP contribution is -2.65. The summed E-state index contributed by atoms with van der Waals surface area (Å²) < 4.78 is 11.1. The first-order valence-electron chi connectivity index (χ1n) is 11.7. The van der Waals surface area contributed by atoms with E-state index in [0.717, 1.165) is 44.2 Å². The van der Waals surface area contributed by atoms with Crippen molar-refractivity contribution in [1.82, 2.24) is 24.9 Å². The number of rotatable bonds is 9. The second-order valence-electron chi connectivity index (χ2n) is 8.77. The molecule has 0 saturated carbocycles. The first-order chi connectivity index (χ1) is 16.5. The third-order valence-corrected chi connectivity index (χ3v) is 6.36. The van der Waals surface area contributed by atoms with Gasteiger partial charge in [-0.2, -0.15) is 0 Å². The van der Waals surface area contributed by atoms with Crippen LogP contribution in [0.15, 0.2) is 35.3 Å². The van der Waals surface area contributed by atoms with Crippen molar-refractivity contribution in [2.24, 2.45) is 4.99 Å². The lowest BCUT2D eigenvalue weighted by molar-refractivity contribution is -0.136. The van der Waals surface area contributed by atoms with E-state index in [1.165, 1.54) is 11.9 Å². The minimum atomic E-state index is -0.861.